The molecule has 0 spiro atoms. The first-order chi connectivity index (χ1) is 8.88. The number of phenols is 2. The third kappa shape index (κ3) is 1.73. The van der Waals surface area contributed by atoms with Crippen molar-refractivity contribution in [3.63, 3.8) is 0 Å². The molecule has 3 rings (SSSR count). The monoisotopic (exact) mass is 266 g/mol. The first kappa shape index (κ1) is 11.9. The summed E-state index contributed by atoms with van der Waals surface area (Å²) in [7, 11) is 0. The summed E-state index contributed by atoms with van der Waals surface area (Å²) >= 11 is 0. The predicted molar refractivity (Wildman–Crippen MR) is 63.0 cm³/mol. The Hall–Kier alpha value is -2.17. The molecule has 2 N–H and O–H groups in total. The average molecular weight is 266 g/mol. The van der Waals surface area contributed by atoms with Gasteiger partial charge in [-0.1, -0.05) is 12.1 Å². The zero-order valence-corrected chi connectivity index (χ0v) is 9.62. The molecule has 0 aromatic heterocycles. The number of alkyl halides is 3. The third-order valence-electron chi connectivity index (χ3n) is 3.32. The van der Waals surface area contributed by atoms with Crippen LogP contribution >= 0.6 is 0 Å². The molecule has 0 saturated carbocycles. The highest BCUT2D eigenvalue weighted by Gasteiger charge is 2.39. The van der Waals surface area contributed by atoms with Gasteiger partial charge in [0.15, 0.2) is 0 Å². The normalized spacial score (nSPS) is 13.2. The van der Waals surface area contributed by atoms with Gasteiger partial charge in [-0.2, -0.15) is 13.2 Å². The molecule has 0 bridgehead atoms. The van der Waals surface area contributed by atoms with E-state index in [1.165, 1.54) is 18.2 Å². The van der Waals surface area contributed by atoms with Gasteiger partial charge in [0.1, 0.15) is 17.1 Å². The zero-order valence-electron chi connectivity index (χ0n) is 9.62. The predicted octanol–water partition coefficient (Wildman–Crippen LogP) is 3.69. The van der Waals surface area contributed by atoms with Gasteiger partial charge in [0.25, 0.3) is 0 Å². The standard InChI is InChI=1S/C14H9F3O2/c15-14(16,17)13-11-6-7-5-8(18)1-2-9(7)10(11)3-4-12(13)19/h1-5,18-19H,6H2. The summed E-state index contributed by atoms with van der Waals surface area (Å²) in [5.41, 5.74) is 0.832. The maximum Gasteiger partial charge on any atom is 0.420 e. The highest BCUT2D eigenvalue weighted by molar-refractivity contribution is 5.80. The number of benzene rings is 2. The van der Waals surface area contributed by atoms with Crippen molar-refractivity contribution in [1.29, 1.82) is 0 Å². The average Bonchev–Trinajstić information content (AvgIpc) is 2.63. The van der Waals surface area contributed by atoms with Gasteiger partial charge in [0.2, 0.25) is 0 Å². The largest absolute Gasteiger partial charge is 0.508 e. The van der Waals surface area contributed by atoms with Gasteiger partial charge in [0, 0.05) is 0 Å². The molecule has 2 aromatic carbocycles. The third-order valence-corrected chi connectivity index (χ3v) is 3.32. The zero-order chi connectivity index (χ0) is 13.8. The van der Waals surface area contributed by atoms with E-state index in [0.29, 0.717) is 16.7 Å². The van der Waals surface area contributed by atoms with Crippen LogP contribution in [0.2, 0.25) is 0 Å². The Labute approximate surface area is 106 Å². The van der Waals surface area contributed by atoms with E-state index in [4.69, 9.17) is 0 Å². The molecule has 5 heteroatoms. The van der Waals surface area contributed by atoms with Crippen molar-refractivity contribution in [3.8, 4) is 22.6 Å². The molecule has 0 radical (unpaired) electrons. The van der Waals surface area contributed by atoms with E-state index in [0.717, 1.165) is 6.07 Å². The Morgan fingerprint density at radius 1 is 0.947 bits per heavy atom. The lowest BCUT2D eigenvalue weighted by Gasteiger charge is -2.13. The summed E-state index contributed by atoms with van der Waals surface area (Å²) < 4.78 is 39.0. The van der Waals surface area contributed by atoms with Crippen LogP contribution in [0.4, 0.5) is 13.2 Å². The molecular formula is C14H9F3O2. The van der Waals surface area contributed by atoms with Crippen molar-refractivity contribution in [2.75, 3.05) is 0 Å². The lowest BCUT2D eigenvalue weighted by atomic mass is 10.00. The highest BCUT2D eigenvalue weighted by atomic mass is 19.4. The van der Waals surface area contributed by atoms with Crippen molar-refractivity contribution in [3.05, 3.63) is 47.0 Å². The molecule has 0 atom stereocenters. The van der Waals surface area contributed by atoms with Crippen molar-refractivity contribution in [2.45, 2.75) is 12.6 Å². The van der Waals surface area contributed by atoms with Gasteiger partial charge < -0.3 is 10.2 Å². The van der Waals surface area contributed by atoms with Crippen molar-refractivity contribution in [2.24, 2.45) is 0 Å². The molecule has 0 heterocycles. The lowest BCUT2D eigenvalue weighted by Crippen LogP contribution is -2.09. The molecule has 2 aromatic rings. The summed E-state index contributed by atoms with van der Waals surface area (Å²) in [5.74, 6) is -0.743. The molecule has 0 aliphatic heterocycles. The fraction of sp³-hybridized carbons (Fsp3) is 0.143. The number of hydrogen-bond donors (Lipinski definition) is 2. The Morgan fingerprint density at radius 3 is 2.32 bits per heavy atom. The number of hydrogen-bond acceptors (Lipinski definition) is 2. The van der Waals surface area contributed by atoms with Crippen LogP contribution in [0.3, 0.4) is 0 Å². The van der Waals surface area contributed by atoms with Crippen LogP contribution in [-0.4, -0.2) is 10.2 Å². The quantitative estimate of drug-likeness (QED) is 0.651. The Bertz CT molecular complexity index is 675. The molecular weight excluding hydrogens is 257 g/mol. The van der Waals surface area contributed by atoms with E-state index in [-0.39, 0.29) is 17.7 Å². The van der Waals surface area contributed by atoms with Crippen molar-refractivity contribution >= 4 is 0 Å². The molecule has 19 heavy (non-hydrogen) atoms. The van der Waals surface area contributed by atoms with Crippen LogP contribution in [-0.2, 0) is 12.6 Å². The first-order valence-corrected chi connectivity index (χ1v) is 5.62. The second-order valence-corrected chi connectivity index (χ2v) is 4.50. The maximum absolute atomic E-state index is 13.0. The molecule has 1 aliphatic rings. The van der Waals surface area contributed by atoms with Crippen molar-refractivity contribution in [1.82, 2.24) is 0 Å². The number of rotatable bonds is 0. The molecule has 98 valence electrons. The fourth-order valence-corrected chi connectivity index (χ4v) is 2.57. The van der Waals surface area contributed by atoms with Gasteiger partial charge in [-0.3, -0.25) is 0 Å². The second-order valence-electron chi connectivity index (χ2n) is 4.50. The van der Waals surface area contributed by atoms with E-state index in [1.54, 1.807) is 6.07 Å². The molecule has 0 unspecified atom stereocenters. The minimum atomic E-state index is -4.60. The number of phenolic OH excluding ortho intramolecular Hbond substituents is 2. The molecule has 0 fully saturated rings. The van der Waals surface area contributed by atoms with Crippen molar-refractivity contribution < 1.29 is 23.4 Å². The first-order valence-electron chi connectivity index (χ1n) is 5.62. The van der Waals surface area contributed by atoms with Crippen LogP contribution in [0.1, 0.15) is 16.7 Å². The molecule has 2 nitrogen and oxygen atoms in total. The molecule has 0 saturated heterocycles. The number of aromatic hydroxyl groups is 2. The summed E-state index contributed by atoms with van der Waals surface area (Å²) in [6.45, 7) is 0. The van der Waals surface area contributed by atoms with E-state index in [2.05, 4.69) is 0 Å². The van der Waals surface area contributed by atoms with E-state index in [9.17, 15) is 23.4 Å². The fourth-order valence-electron chi connectivity index (χ4n) is 2.57. The number of halogens is 3. The summed E-state index contributed by atoms with van der Waals surface area (Å²) in [5, 5.41) is 18.9. The van der Waals surface area contributed by atoms with Gasteiger partial charge in [-0.15, -0.1) is 0 Å². The van der Waals surface area contributed by atoms with Crippen LogP contribution in [0, 0.1) is 0 Å². The SMILES string of the molecule is Oc1ccc2c(c1)Cc1c-2ccc(O)c1C(F)(F)F. The minimum absolute atomic E-state index is 0.0179. The molecule has 0 amide bonds. The Balaban J connectivity index is 2.27. The van der Waals surface area contributed by atoms with E-state index < -0.39 is 17.5 Å². The van der Waals surface area contributed by atoms with Crippen LogP contribution in [0.25, 0.3) is 11.1 Å². The Kier molecular flexibility index (Phi) is 2.29. The van der Waals surface area contributed by atoms with Gasteiger partial charge in [-0.25, -0.2) is 0 Å². The summed E-state index contributed by atoms with van der Waals surface area (Å²) in [4.78, 5) is 0. The van der Waals surface area contributed by atoms with Gasteiger partial charge >= 0.3 is 6.18 Å². The van der Waals surface area contributed by atoms with E-state index in [1.807, 2.05) is 0 Å². The second kappa shape index (κ2) is 3.66. The molecule has 1 aliphatic carbocycles. The van der Waals surface area contributed by atoms with E-state index >= 15 is 0 Å². The number of fused-ring (bicyclic) bond motifs is 3. The smallest absolute Gasteiger partial charge is 0.420 e. The van der Waals surface area contributed by atoms with Gasteiger partial charge in [-0.05, 0) is 46.9 Å². The minimum Gasteiger partial charge on any atom is -0.508 e. The van der Waals surface area contributed by atoms with Gasteiger partial charge in [0.05, 0.1) is 0 Å². The lowest BCUT2D eigenvalue weighted by molar-refractivity contribution is -0.139. The van der Waals surface area contributed by atoms with Crippen LogP contribution in [0.5, 0.6) is 11.5 Å². The highest BCUT2D eigenvalue weighted by Crippen LogP contribution is 2.47. The topological polar surface area (TPSA) is 40.5 Å². The summed E-state index contributed by atoms with van der Waals surface area (Å²) in [6, 6.07) is 7.01. The summed E-state index contributed by atoms with van der Waals surface area (Å²) in [6.07, 6.45) is -4.54. The van der Waals surface area contributed by atoms with Crippen LogP contribution < -0.4 is 0 Å². The maximum atomic E-state index is 13.0. The van der Waals surface area contributed by atoms with Crippen LogP contribution in [0.15, 0.2) is 30.3 Å². The Morgan fingerprint density at radius 2 is 1.63 bits per heavy atom.